The van der Waals surface area contributed by atoms with Gasteiger partial charge in [0.15, 0.2) is 0 Å². The predicted octanol–water partition coefficient (Wildman–Crippen LogP) is 2.40. The molecular weight excluding hydrogens is 373 g/mol. The zero-order valence-electron chi connectivity index (χ0n) is 17.5. The molecule has 8 heteroatoms. The number of likely N-dealkylation sites (N-methyl/N-ethyl adjacent to an activating group) is 2. The fourth-order valence-corrected chi connectivity index (χ4v) is 3.57. The molecule has 0 saturated carbocycles. The molecule has 29 heavy (non-hydrogen) atoms. The molecule has 0 aliphatic carbocycles. The zero-order chi connectivity index (χ0) is 21.3. The van der Waals surface area contributed by atoms with Gasteiger partial charge in [-0.2, -0.15) is 9.78 Å². The first-order valence-electron chi connectivity index (χ1n) is 9.69. The number of nitrogens with one attached hydrogen (secondary N) is 2. The third kappa shape index (κ3) is 4.32. The van der Waals surface area contributed by atoms with E-state index in [1.54, 1.807) is 19.2 Å². The van der Waals surface area contributed by atoms with E-state index in [0.717, 1.165) is 23.4 Å². The first-order valence-corrected chi connectivity index (χ1v) is 9.69. The molecule has 156 valence electrons. The molecule has 1 aromatic carbocycles. The molecule has 2 amide bonds. The van der Waals surface area contributed by atoms with Gasteiger partial charge < -0.3 is 15.5 Å². The number of fused-ring (bicyclic) bond motifs is 1. The molecular formula is C21H28FN5O2. The molecule has 1 aromatic heterocycles. The fraction of sp³-hybridized carbons (Fsp3) is 0.476. The van der Waals surface area contributed by atoms with Crippen LogP contribution in [0.3, 0.4) is 0 Å². The van der Waals surface area contributed by atoms with Crippen LogP contribution in [0, 0.1) is 11.2 Å². The average Bonchev–Trinajstić information content (AvgIpc) is 3.03. The average molecular weight is 401 g/mol. The summed E-state index contributed by atoms with van der Waals surface area (Å²) in [5.74, 6) is -0.583. The van der Waals surface area contributed by atoms with E-state index in [0.29, 0.717) is 18.7 Å². The molecule has 7 nitrogen and oxygen atoms in total. The molecule has 0 radical (unpaired) electrons. The van der Waals surface area contributed by atoms with Gasteiger partial charge in [-0.3, -0.25) is 4.79 Å². The first kappa shape index (κ1) is 21.0. The number of amides is 2. The van der Waals surface area contributed by atoms with Crippen molar-refractivity contribution >= 4 is 11.9 Å². The summed E-state index contributed by atoms with van der Waals surface area (Å²) < 4.78 is 14.7. The molecule has 1 atom stereocenters. The number of aromatic nitrogens is 2. The van der Waals surface area contributed by atoms with Crippen LogP contribution in [-0.2, 0) is 17.8 Å². The summed E-state index contributed by atoms with van der Waals surface area (Å²) in [4.78, 5) is 27.6. The fourth-order valence-electron chi connectivity index (χ4n) is 3.57. The van der Waals surface area contributed by atoms with Gasteiger partial charge in [0.05, 0.1) is 11.4 Å². The van der Waals surface area contributed by atoms with Crippen molar-refractivity contribution in [3.05, 3.63) is 41.3 Å². The maximum atomic E-state index is 13.4. The summed E-state index contributed by atoms with van der Waals surface area (Å²) in [6, 6.07) is 4.95. The van der Waals surface area contributed by atoms with E-state index in [-0.39, 0.29) is 11.7 Å². The van der Waals surface area contributed by atoms with Crippen molar-refractivity contribution in [2.24, 2.45) is 5.41 Å². The van der Waals surface area contributed by atoms with E-state index < -0.39 is 17.5 Å². The van der Waals surface area contributed by atoms with E-state index in [2.05, 4.69) is 20.6 Å². The highest BCUT2D eigenvalue weighted by Gasteiger charge is 2.34. The van der Waals surface area contributed by atoms with Crippen molar-refractivity contribution in [1.29, 1.82) is 0 Å². The smallest absolute Gasteiger partial charge is 0.343 e. The van der Waals surface area contributed by atoms with Crippen LogP contribution >= 0.6 is 0 Å². The second-order valence-electron chi connectivity index (χ2n) is 8.54. The van der Waals surface area contributed by atoms with Crippen molar-refractivity contribution in [2.75, 3.05) is 20.6 Å². The van der Waals surface area contributed by atoms with Gasteiger partial charge in [-0.1, -0.05) is 20.8 Å². The van der Waals surface area contributed by atoms with Crippen LogP contribution in [0.5, 0.6) is 0 Å². The van der Waals surface area contributed by atoms with Gasteiger partial charge in [0, 0.05) is 37.7 Å². The lowest BCUT2D eigenvalue weighted by molar-refractivity contribution is -0.124. The molecule has 2 heterocycles. The zero-order valence-corrected chi connectivity index (χ0v) is 17.5. The van der Waals surface area contributed by atoms with Crippen molar-refractivity contribution in [2.45, 2.75) is 39.8 Å². The summed E-state index contributed by atoms with van der Waals surface area (Å²) in [6.45, 7) is 7.13. The Morgan fingerprint density at radius 2 is 1.86 bits per heavy atom. The Labute approximate surface area is 170 Å². The van der Waals surface area contributed by atoms with Gasteiger partial charge in [-0.25, -0.2) is 9.18 Å². The number of rotatable bonds is 3. The van der Waals surface area contributed by atoms with Crippen LogP contribution in [0.4, 0.5) is 9.18 Å². The molecule has 0 saturated heterocycles. The van der Waals surface area contributed by atoms with Crippen LogP contribution in [0.1, 0.15) is 32.0 Å². The lowest BCUT2D eigenvalue weighted by Crippen LogP contribution is -2.54. The third-order valence-electron chi connectivity index (χ3n) is 5.20. The number of carbonyl (C=O) groups excluding carboxylic acids is 2. The molecule has 0 fully saturated rings. The number of halogens is 1. The molecule has 1 unspecified atom stereocenters. The topological polar surface area (TPSA) is 79.3 Å². The monoisotopic (exact) mass is 401 g/mol. The van der Waals surface area contributed by atoms with Crippen LogP contribution in [0.15, 0.2) is 24.3 Å². The van der Waals surface area contributed by atoms with Crippen molar-refractivity contribution in [1.82, 2.24) is 25.3 Å². The van der Waals surface area contributed by atoms with Crippen LogP contribution in [0.2, 0.25) is 0 Å². The number of benzene rings is 1. The Hall–Kier alpha value is -2.74. The van der Waals surface area contributed by atoms with E-state index in [4.69, 9.17) is 0 Å². The van der Waals surface area contributed by atoms with Crippen LogP contribution < -0.4 is 10.6 Å². The van der Waals surface area contributed by atoms with Gasteiger partial charge in [0.25, 0.3) is 0 Å². The second-order valence-corrected chi connectivity index (χ2v) is 8.54. The quantitative estimate of drug-likeness (QED) is 0.828. The van der Waals surface area contributed by atoms with Gasteiger partial charge in [0.2, 0.25) is 5.91 Å². The lowest BCUT2D eigenvalue weighted by Gasteiger charge is -2.30. The van der Waals surface area contributed by atoms with E-state index >= 15 is 0 Å². The highest BCUT2D eigenvalue weighted by molar-refractivity contribution is 5.88. The number of carbonyl (C=O) groups is 2. The van der Waals surface area contributed by atoms with E-state index in [9.17, 15) is 14.0 Å². The van der Waals surface area contributed by atoms with Gasteiger partial charge in [0.1, 0.15) is 11.9 Å². The molecule has 3 rings (SSSR count). The largest absolute Gasteiger partial charge is 0.357 e. The van der Waals surface area contributed by atoms with Gasteiger partial charge in [-0.05, 0) is 36.7 Å². The Kier molecular flexibility index (Phi) is 5.75. The second kappa shape index (κ2) is 7.94. The van der Waals surface area contributed by atoms with Crippen molar-refractivity contribution in [3.63, 3.8) is 0 Å². The number of nitrogens with zero attached hydrogens (tertiary/aromatic N) is 3. The third-order valence-corrected chi connectivity index (χ3v) is 5.20. The minimum absolute atomic E-state index is 0.259. The molecule has 0 spiro atoms. The van der Waals surface area contributed by atoms with Crippen molar-refractivity contribution in [3.8, 4) is 11.3 Å². The Bertz CT molecular complexity index is 914. The maximum absolute atomic E-state index is 13.4. The Balaban J connectivity index is 2.01. The maximum Gasteiger partial charge on any atom is 0.343 e. The highest BCUT2D eigenvalue weighted by atomic mass is 19.1. The van der Waals surface area contributed by atoms with Crippen molar-refractivity contribution < 1.29 is 14.0 Å². The standard InChI is InChI=1S/C21H28FN5O2/c1-21(2,3)18(19(28)23-4)24-20(29)27-16-10-11-26(5)12-15(16)17(25-27)13-6-8-14(22)9-7-13/h6-9,18H,10-12H2,1-5H3,(H,23,28)(H,24,29). The molecule has 2 N–H and O–H groups in total. The summed E-state index contributed by atoms with van der Waals surface area (Å²) in [6.07, 6.45) is 0.660. The Morgan fingerprint density at radius 3 is 2.45 bits per heavy atom. The van der Waals surface area contributed by atoms with Crippen LogP contribution in [-0.4, -0.2) is 53.3 Å². The first-order chi connectivity index (χ1) is 13.6. The van der Waals surface area contributed by atoms with Gasteiger partial charge >= 0.3 is 6.03 Å². The molecule has 1 aliphatic heterocycles. The SMILES string of the molecule is CNC(=O)C(NC(=O)n1nc(-c2ccc(F)cc2)c2c1CCN(C)C2)C(C)(C)C. The normalized spacial score (nSPS) is 15.5. The lowest BCUT2D eigenvalue weighted by atomic mass is 9.86. The van der Waals surface area contributed by atoms with Crippen LogP contribution in [0.25, 0.3) is 11.3 Å². The Morgan fingerprint density at radius 1 is 1.21 bits per heavy atom. The highest BCUT2D eigenvalue weighted by Crippen LogP contribution is 2.30. The number of hydrogen-bond acceptors (Lipinski definition) is 4. The minimum atomic E-state index is -0.708. The summed E-state index contributed by atoms with van der Waals surface area (Å²) in [5.41, 5.74) is 2.72. The molecule has 1 aliphatic rings. The molecule has 0 bridgehead atoms. The van der Waals surface area contributed by atoms with Gasteiger partial charge in [-0.15, -0.1) is 0 Å². The summed E-state index contributed by atoms with van der Waals surface area (Å²) in [5, 5.41) is 10.0. The summed E-state index contributed by atoms with van der Waals surface area (Å²) >= 11 is 0. The summed E-state index contributed by atoms with van der Waals surface area (Å²) in [7, 11) is 3.56. The molecule has 2 aromatic rings. The van der Waals surface area contributed by atoms with E-state index in [1.807, 2.05) is 27.8 Å². The number of hydrogen-bond donors (Lipinski definition) is 2. The van der Waals surface area contributed by atoms with E-state index in [1.165, 1.54) is 16.8 Å². The predicted molar refractivity (Wildman–Crippen MR) is 109 cm³/mol. The minimum Gasteiger partial charge on any atom is -0.357 e.